The van der Waals surface area contributed by atoms with Gasteiger partial charge in [0.2, 0.25) is 5.91 Å². The molecule has 1 aliphatic rings. The van der Waals surface area contributed by atoms with E-state index < -0.39 is 0 Å². The van der Waals surface area contributed by atoms with Crippen molar-refractivity contribution in [2.24, 2.45) is 0 Å². The van der Waals surface area contributed by atoms with Crippen LogP contribution in [0.1, 0.15) is 4.88 Å². The molecule has 2 heterocycles. The SMILES string of the molecule is COc1ccc(OC)c(N2CCN(C(=O)Cc3cccs3)CC2)c1. The fraction of sp³-hybridized carbons (Fsp3) is 0.389. The highest BCUT2D eigenvalue weighted by molar-refractivity contribution is 7.10. The van der Waals surface area contributed by atoms with E-state index in [1.165, 1.54) is 0 Å². The maximum absolute atomic E-state index is 12.4. The minimum Gasteiger partial charge on any atom is -0.497 e. The average Bonchev–Trinajstić information content (AvgIpc) is 3.14. The number of piperazine rings is 1. The second-order valence-corrected chi connectivity index (χ2v) is 6.69. The van der Waals surface area contributed by atoms with Crippen molar-refractivity contribution in [3.05, 3.63) is 40.6 Å². The topological polar surface area (TPSA) is 42.0 Å². The van der Waals surface area contributed by atoms with Gasteiger partial charge in [0.25, 0.3) is 0 Å². The highest BCUT2D eigenvalue weighted by Gasteiger charge is 2.23. The number of hydrogen-bond donors (Lipinski definition) is 0. The number of anilines is 1. The van der Waals surface area contributed by atoms with Crippen LogP contribution in [-0.4, -0.2) is 51.2 Å². The number of nitrogens with zero attached hydrogens (tertiary/aromatic N) is 2. The predicted molar refractivity (Wildman–Crippen MR) is 96.4 cm³/mol. The van der Waals surface area contributed by atoms with Gasteiger partial charge in [0.05, 0.1) is 26.3 Å². The van der Waals surface area contributed by atoms with Crippen LogP contribution in [0.15, 0.2) is 35.7 Å². The van der Waals surface area contributed by atoms with E-state index in [4.69, 9.17) is 9.47 Å². The van der Waals surface area contributed by atoms with Gasteiger partial charge in [-0.1, -0.05) is 6.07 Å². The Balaban J connectivity index is 1.63. The Bertz CT molecular complexity index is 680. The summed E-state index contributed by atoms with van der Waals surface area (Å²) in [5.74, 6) is 1.84. The second-order valence-electron chi connectivity index (χ2n) is 5.66. The first-order chi connectivity index (χ1) is 11.7. The van der Waals surface area contributed by atoms with Crippen LogP contribution < -0.4 is 14.4 Å². The number of methoxy groups -OCH3 is 2. The summed E-state index contributed by atoms with van der Waals surface area (Å²) in [7, 11) is 3.33. The Morgan fingerprint density at radius 1 is 1.12 bits per heavy atom. The normalized spacial score (nSPS) is 14.6. The zero-order chi connectivity index (χ0) is 16.9. The van der Waals surface area contributed by atoms with E-state index in [0.717, 1.165) is 48.2 Å². The standard InChI is InChI=1S/C18H22N2O3S/c1-22-14-5-6-17(23-2)16(12-14)19-7-9-20(10-8-19)18(21)13-15-4-3-11-24-15/h3-6,11-12H,7-10,13H2,1-2H3. The van der Waals surface area contributed by atoms with E-state index in [9.17, 15) is 4.79 Å². The Kier molecular flexibility index (Phi) is 5.25. The summed E-state index contributed by atoms with van der Waals surface area (Å²) in [4.78, 5) is 17.7. The molecular formula is C18H22N2O3S. The van der Waals surface area contributed by atoms with Crippen LogP contribution in [0.2, 0.25) is 0 Å². The third-order valence-corrected chi connectivity index (χ3v) is 5.14. The largest absolute Gasteiger partial charge is 0.497 e. The molecule has 1 amide bonds. The maximum atomic E-state index is 12.4. The fourth-order valence-electron chi connectivity index (χ4n) is 2.91. The van der Waals surface area contributed by atoms with Crippen LogP contribution in [0, 0.1) is 0 Å². The van der Waals surface area contributed by atoms with Crippen molar-refractivity contribution < 1.29 is 14.3 Å². The molecule has 6 heteroatoms. The van der Waals surface area contributed by atoms with E-state index in [0.29, 0.717) is 6.42 Å². The Labute approximate surface area is 146 Å². The molecule has 0 saturated carbocycles. The third-order valence-electron chi connectivity index (χ3n) is 4.26. The monoisotopic (exact) mass is 346 g/mol. The molecule has 0 unspecified atom stereocenters. The van der Waals surface area contributed by atoms with Gasteiger partial charge in [-0.05, 0) is 23.6 Å². The highest BCUT2D eigenvalue weighted by atomic mass is 32.1. The zero-order valence-corrected chi connectivity index (χ0v) is 14.8. The van der Waals surface area contributed by atoms with Gasteiger partial charge in [-0.15, -0.1) is 11.3 Å². The van der Waals surface area contributed by atoms with Crippen molar-refractivity contribution in [1.82, 2.24) is 4.90 Å². The summed E-state index contributed by atoms with van der Waals surface area (Å²) in [5.41, 5.74) is 1.02. The molecule has 0 atom stereocenters. The molecule has 0 aliphatic carbocycles. The molecule has 1 saturated heterocycles. The Morgan fingerprint density at radius 2 is 1.92 bits per heavy atom. The van der Waals surface area contributed by atoms with E-state index in [-0.39, 0.29) is 5.91 Å². The summed E-state index contributed by atoms with van der Waals surface area (Å²) in [6.45, 7) is 3.04. The number of rotatable bonds is 5. The first-order valence-corrected chi connectivity index (χ1v) is 8.86. The number of hydrogen-bond acceptors (Lipinski definition) is 5. The minimum atomic E-state index is 0.203. The lowest BCUT2D eigenvalue weighted by Crippen LogP contribution is -2.49. The van der Waals surface area contributed by atoms with Gasteiger partial charge in [0, 0.05) is 37.1 Å². The van der Waals surface area contributed by atoms with E-state index in [2.05, 4.69) is 4.90 Å². The summed E-state index contributed by atoms with van der Waals surface area (Å²) in [6.07, 6.45) is 0.500. The van der Waals surface area contributed by atoms with Crippen molar-refractivity contribution in [1.29, 1.82) is 0 Å². The quantitative estimate of drug-likeness (QED) is 0.835. The molecule has 1 aromatic carbocycles. The van der Waals surface area contributed by atoms with Crippen LogP contribution >= 0.6 is 11.3 Å². The lowest BCUT2D eigenvalue weighted by molar-refractivity contribution is -0.130. The van der Waals surface area contributed by atoms with Gasteiger partial charge < -0.3 is 19.3 Å². The van der Waals surface area contributed by atoms with Crippen LogP contribution in [0.4, 0.5) is 5.69 Å². The van der Waals surface area contributed by atoms with E-state index in [1.807, 2.05) is 40.6 Å². The van der Waals surface area contributed by atoms with Crippen LogP contribution in [0.5, 0.6) is 11.5 Å². The molecule has 3 rings (SSSR count). The van der Waals surface area contributed by atoms with Gasteiger partial charge in [-0.3, -0.25) is 4.79 Å². The summed E-state index contributed by atoms with van der Waals surface area (Å²) < 4.78 is 10.8. The first kappa shape index (κ1) is 16.6. The van der Waals surface area contributed by atoms with Gasteiger partial charge >= 0.3 is 0 Å². The molecule has 128 valence electrons. The van der Waals surface area contributed by atoms with Gasteiger partial charge in [-0.2, -0.15) is 0 Å². The zero-order valence-electron chi connectivity index (χ0n) is 14.0. The molecular weight excluding hydrogens is 324 g/mol. The smallest absolute Gasteiger partial charge is 0.227 e. The molecule has 2 aromatic rings. The van der Waals surface area contributed by atoms with Crippen LogP contribution in [0.3, 0.4) is 0 Å². The highest BCUT2D eigenvalue weighted by Crippen LogP contribution is 2.32. The molecule has 0 N–H and O–H groups in total. The molecule has 1 fully saturated rings. The molecule has 0 radical (unpaired) electrons. The number of carbonyl (C=O) groups is 1. The molecule has 0 bridgehead atoms. The van der Waals surface area contributed by atoms with Crippen LogP contribution in [-0.2, 0) is 11.2 Å². The first-order valence-electron chi connectivity index (χ1n) is 7.98. The number of thiophene rings is 1. The molecule has 5 nitrogen and oxygen atoms in total. The predicted octanol–water partition coefficient (Wildman–Crippen LogP) is 2.66. The minimum absolute atomic E-state index is 0.203. The molecule has 24 heavy (non-hydrogen) atoms. The molecule has 0 spiro atoms. The average molecular weight is 346 g/mol. The third kappa shape index (κ3) is 3.64. The number of benzene rings is 1. The van der Waals surface area contributed by atoms with E-state index in [1.54, 1.807) is 25.6 Å². The second kappa shape index (κ2) is 7.57. The number of amides is 1. The maximum Gasteiger partial charge on any atom is 0.227 e. The lowest BCUT2D eigenvalue weighted by Gasteiger charge is -2.36. The fourth-order valence-corrected chi connectivity index (χ4v) is 3.61. The van der Waals surface area contributed by atoms with Crippen LogP contribution in [0.25, 0.3) is 0 Å². The molecule has 1 aliphatic heterocycles. The summed E-state index contributed by atoms with van der Waals surface area (Å²) in [5, 5.41) is 2.01. The van der Waals surface area contributed by atoms with E-state index >= 15 is 0 Å². The number of ether oxygens (including phenoxy) is 2. The Hall–Kier alpha value is -2.21. The van der Waals surface area contributed by atoms with Crippen molar-refractivity contribution >= 4 is 22.9 Å². The summed E-state index contributed by atoms with van der Waals surface area (Å²) >= 11 is 1.63. The van der Waals surface area contributed by atoms with Gasteiger partial charge in [0.15, 0.2) is 0 Å². The van der Waals surface area contributed by atoms with Crippen molar-refractivity contribution in [3.63, 3.8) is 0 Å². The summed E-state index contributed by atoms with van der Waals surface area (Å²) in [6, 6.07) is 9.80. The number of carbonyl (C=O) groups excluding carboxylic acids is 1. The van der Waals surface area contributed by atoms with Crippen molar-refractivity contribution in [2.75, 3.05) is 45.3 Å². The van der Waals surface area contributed by atoms with Crippen molar-refractivity contribution in [2.45, 2.75) is 6.42 Å². The van der Waals surface area contributed by atoms with Crippen molar-refractivity contribution in [3.8, 4) is 11.5 Å². The lowest BCUT2D eigenvalue weighted by atomic mass is 10.2. The molecule has 1 aromatic heterocycles. The Morgan fingerprint density at radius 3 is 2.54 bits per heavy atom. The van der Waals surface area contributed by atoms with Gasteiger partial charge in [-0.25, -0.2) is 0 Å². The van der Waals surface area contributed by atoms with Gasteiger partial charge in [0.1, 0.15) is 11.5 Å².